The number of hydrogen-bond donors (Lipinski definition) is 0. The predicted molar refractivity (Wildman–Crippen MR) is 81.8 cm³/mol. The van der Waals surface area contributed by atoms with Crippen LogP contribution in [0.5, 0.6) is 0 Å². The molecule has 0 spiro atoms. The molecule has 20 heavy (non-hydrogen) atoms. The summed E-state index contributed by atoms with van der Waals surface area (Å²) in [5, 5.41) is 0. The summed E-state index contributed by atoms with van der Waals surface area (Å²) in [5.41, 5.74) is 0. The molecule has 1 aliphatic heterocycles. The second-order valence-corrected chi connectivity index (χ2v) is 5.94. The number of methoxy groups -OCH3 is 1. The Morgan fingerprint density at radius 1 is 0.900 bits per heavy atom. The van der Waals surface area contributed by atoms with E-state index in [1.807, 2.05) is 0 Å². The Hall–Kier alpha value is -0.570. The van der Waals surface area contributed by atoms with Crippen LogP contribution < -0.4 is 0 Å². The summed E-state index contributed by atoms with van der Waals surface area (Å²) in [6, 6.07) is 0. The third-order valence-corrected chi connectivity index (χ3v) is 4.13. The van der Waals surface area contributed by atoms with E-state index in [1.54, 1.807) is 0 Å². The SMILES string of the molecule is CCCCCCC1OC1CCCCCCCC(=O)OC. The van der Waals surface area contributed by atoms with E-state index < -0.39 is 0 Å². The third-order valence-electron chi connectivity index (χ3n) is 4.13. The molecule has 2 unspecified atom stereocenters. The minimum atomic E-state index is -0.0812. The Morgan fingerprint density at radius 3 is 2.05 bits per heavy atom. The zero-order chi connectivity index (χ0) is 14.6. The average Bonchev–Trinajstić information content (AvgIpc) is 3.20. The summed E-state index contributed by atoms with van der Waals surface area (Å²) < 4.78 is 10.3. The van der Waals surface area contributed by atoms with Crippen LogP contribution in [0, 0.1) is 0 Å². The molecule has 0 saturated carbocycles. The van der Waals surface area contributed by atoms with Gasteiger partial charge in [0.25, 0.3) is 0 Å². The van der Waals surface area contributed by atoms with E-state index in [4.69, 9.17) is 4.74 Å². The van der Waals surface area contributed by atoms with Crippen LogP contribution >= 0.6 is 0 Å². The summed E-state index contributed by atoms with van der Waals surface area (Å²) in [5.74, 6) is -0.0812. The molecule has 0 bridgehead atoms. The Kier molecular flexibility index (Phi) is 9.73. The Balaban J connectivity index is 1.78. The fraction of sp³-hybridized carbons (Fsp3) is 0.941. The minimum absolute atomic E-state index is 0.0812. The molecule has 118 valence electrons. The molecule has 1 rings (SSSR count). The monoisotopic (exact) mass is 284 g/mol. The fourth-order valence-electron chi connectivity index (χ4n) is 2.71. The highest BCUT2D eigenvalue weighted by Gasteiger charge is 2.36. The molecule has 0 aromatic carbocycles. The molecular formula is C17H32O3. The molecule has 1 fully saturated rings. The second-order valence-electron chi connectivity index (χ2n) is 5.94. The molecule has 3 nitrogen and oxygen atoms in total. The van der Waals surface area contributed by atoms with Gasteiger partial charge < -0.3 is 9.47 Å². The number of esters is 1. The van der Waals surface area contributed by atoms with Gasteiger partial charge in [0.15, 0.2) is 0 Å². The van der Waals surface area contributed by atoms with Crippen molar-refractivity contribution in [3.63, 3.8) is 0 Å². The first kappa shape index (κ1) is 17.5. The maximum absolute atomic E-state index is 10.9. The van der Waals surface area contributed by atoms with Crippen LogP contribution in [0.15, 0.2) is 0 Å². The molecule has 2 atom stereocenters. The van der Waals surface area contributed by atoms with Gasteiger partial charge in [0.2, 0.25) is 0 Å². The molecule has 0 aromatic heterocycles. The van der Waals surface area contributed by atoms with E-state index in [0.717, 1.165) is 12.8 Å². The molecule has 0 amide bonds. The summed E-state index contributed by atoms with van der Waals surface area (Å²) in [7, 11) is 1.46. The number of epoxide rings is 1. The highest BCUT2D eigenvalue weighted by Crippen LogP contribution is 2.31. The van der Waals surface area contributed by atoms with Gasteiger partial charge in [-0.15, -0.1) is 0 Å². The van der Waals surface area contributed by atoms with E-state index in [1.165, 1.54) is 64.9 Å². The van der Waals surface area contributed by atoms with Gasteiger partial charge in [-0.05, 0) is 19.3 Å². The van der Waals surface area contributed by atoms with Gasteiger partial charge in [-0.25, -0.2) is 0 Å². The minimum Gasteiger partial charge on any atom is -0.469 e. The lowest BCUT2D eigenvalue weighted by Gasteiger charge is -2.00. The normalized spacial score (nSPS) is 20.9. The quantitative estimate of drug-likeness (QED) is 0.281. The zero-order valence-electron chi connectivity index (χ0n) is 13.4. The number of carbonyl (C=O) groups excluding carboxylic acids is 1. The summed E-state index contributed by atoms with van der Waals surface area (Å²) >= 11 is 0. The highest BCUT2D eigenvalue weighted by atomic mass is 16.6. The Labute approximate surface area is 124 Å². The molecule has 1 heterocycles. The predicted octanol–water partition coefficient (Wildman–Crippen LogP) is 4.63. The molecular weight excluding hydrogens is 252 g/mol. The summed E-state index contributed by atoms with van der Waals surface area (Å²) in [6.07, 6.45) is 15.5. The fourth-order valence-corrected chi connectivity index (χ4v) is 2.71. The highest BCUT2D eigenvalue weighted by molar-refractivity contribution is 5.68. The molecule has 3 heteroatoms. The van der Waals surface area contributed by atoms with Gasteiger partial charge >= 0.3 is 5.97 Å². The second kappa shape index (κ2) is 11.1. The van der Waals surface area contributed by atoms with Crippen molar-refractivity contribution < 1.29 is 14.3 Å². The van der Waals surface area contributed by atoms with Crippen LogP contribution in [0.25, 0.3) is 0 Å². The molecule has 1 saturated heterocycles. The number of rotatable bonds is 13. The molecule has 0 aliphatic carbocycles. The lowest BCUT2D eigenvalue weighted by Crippen LogP contribution is -1.99. The van der Waals surface area contributed by atoms with Gasteiger partial charge in [-0.2, -0.15) is 0 Å². The Morgan fingerprint density at radius 2 is 1.45 bits per heavy atom. The van der Waals surface area contributed by atoms with E-state index >= 15 is 0 Å². The average molecular weight is 284 g/mol. The van der Waals surface area contributed by atoms with Crippen LogP contribution in [0.1, 0.15) is 84.0 Å². The first-order chi connectivity index (χ1) is 9.77. The number of hydrogen-bond acceptors (Lipinski definition) is 3. The zero-order valence-corrected chi connectivity index (χ0v) is 13.4. The largest absolute Gasteiger partial charge is 0.469 e. The Bertz CT molecular complexity index is 253. The van der Waals surface area contributed by atoms with Crippen molar-refractivity contribution in [1.82, 2.24) is 0 Å². The topological polar surface area (TPSA) is 38.8 Å². The molecule has 0 aromatic rings. The molecule has 0 N–H and O–H groups in total. The van der Waals surface area contributed by atoms with Gasteiger partial charge in [0.05, 0.1) is 19.3 Å². The van der Waals surface area contributed by atoms with Gasteiger partial charge in [-0.3, -0.25) is 4.79 Å². The molecule has 1 aliphatic rings. The van der Waals surface area contributed by atoms with Crippen molar-refractivity contribution in [1.29, 1.82) is 0 Å². The van der Waals surface area contributed by atoms with Crippen LogP contribution in [0.3, 0.4) is 0 Å². The molecule has 0 radical (unpaired) electrons. The first-order valence-electron chi connectivity index (χ1n) is 8.50. The van der Waals surface area contributed by atoms with Crippen LogP contribution in [-0.2, 0) is 14.3 Å². The number of ether oxygens (including phenoxy) is 2. The van der Waals surface area contributed by atoms with E-state index in [-0.39, 0.29) is 5.97 Å². The third kappa shape index (κ3) is 8.57. The van der Waals surface area contributed by atoms with Crippen molar-refractivity contribution in [2.24, 2.45) is 0 Å². The standard InChI is InChI=1S/C17H32O3/c1-3-4-5-9-12-15-16(20-15)13-10-7-6-8-11-14-17(18)19-2/h15-16H,3-14H2,1-2H3. The maximum atomic E-state index is 10.9. The van der Waals surface area contributed by atoms with Gasteiger partial charge in [0, 0.05) is 6.42 Å². The van der Waals surface area contributed by atoms with Crippen LogP contribution in [-0.4, -0.2) is 25.3 Å². The van der Waals surface area contributed by atoms with Crippen molar-refractivity contribution in [3.8, 4) is 0 Å². The van der Waals surface area contributed by atoms with Crippen LogP contribution in [0.2, 0.25) is 0 Å². The summed E-state index contributed by atoms with van der Waals surface area (Å²) in [6.45, 7) is 2.25. The van der Waals surface area contributed by atoms with Crippen LogP contribution in [0.4, 0.5) is 0 Å². The van der Waals surface area contributed by atoms with E-state index in [2.05, 4.69) is 11.7 Å². The lowest BCUT2D eigenvalue weighted by atomic mass is 10.0. The summed E-state index contributed by atoms with van der Waals surface area (Å²) in [4.78, 5) is 10.9. The number of unbranched alkanes of at least 4 members (excludes halogenated alkanes) is 7. The van der Waals surface area contributed by atoms with Crippen molar-refractivity contribution >= 4 is 5.97 Å². The van der Waals surface area contributed by atoms with E-state index in [0.29, 0.717) is 18.6 Å². The van der Waals surface area contributed by atoms with Crippen molar-refractivity contribution in [3.05, 3.63) is 0 Å². The van der Waals surface area contributed by atoms with Gasteiger partial charge in [0.1, 0.15) is 0 Å². The van der Waals surface area contributed by atoms with Crippen molar-refractivity contribution in [2.45, 2.75) is 96.2 Å². The van der Waals surface area contributed by atoms with Gasteiger partial charge in [-0.1, -0.05) is 58.3 Å². The van der Waals surface area contributed by atoms with E-state index in [9.17, 15) is 4.79 Å². The maximum Gasteiger partial charge on any atom is 0.305 e. The van der Waals surface area contributed by atoms with Crippen molar-refractivity contribution in [2.75, 3.05) is 7.11 Å². The first-order valence-corrected chi connectivity index (χ1v) is 8.50. The number of carbonyl (C=O) groups is 1. The smallest absolute Gasteiger partial charge is 0.305 e. The lowest BCUT2D eigenvalue weighted by molar-refractivity contribution is -0.140.